The van der Waals surface area contributed by atoms with Gasteiger partial charge in [-0.25, -0.2) is 0 Å². The summed E-state index contributed by atoms with van der Waals surface area (Å²) in [4.78, 5) is 27.3. The molecule has 8 nitrogen and oxygen atoms in total. The maximum absolute atomic E-state index is 13.9. The molecule has 41 heavy (non-hydrogen) atoms. The van der Waals surface area contributed by atoms with E-state index in [0.29, 0.717) is 45.3 Å². The number of benzene rings is 3. The van der Waals surface area contributed by atoms with Crippen LogP contribution in [0.2, 0.25) is 0 Å². The number of hydrogen-bond acceptors (Lipinski definition) is 7. The molecule has 1 amide bonds. The lowest BCUT2D eigenvalue weighted by molar-refractivity contribution is -0.171. The first kappa shape index (κ1) is 27.8. The number of rotatable bonds is 7. The summed E-state index contributed by atoms with van der Waals surface area (Å²) in [5.41, 5.74) is 2.97. The summed E-state index contributed by atoms with van der Waals surface area (Å²) in [5.74, 6) is -2.09. The third-order valence-corrected chi connectivity index (χ3v) is 7.25. The number of methoxy groups -OCH3 is 1. The number of ether oxygens (including phenoxy) is 3. The highest BCUT2D eigenvalue weighted by atomic mass is 19.4. The third-order valence-electron chi connectivity index (χ3n) is 7.25. The highest BCUT2D eigenvalue weighted by Gasteiger charge is 2.48. The summed E-state index contributed by atoms with van der Waals surface area (Å²) in [7, 11) is 1.28. The number of para-hydroxylation sites is 1. The maximum Gasteiger partial charge on any atom is 0.471 e. The standard InChI is InChI=1S/C30H26F3N3O5/c1-3-35(20-9-7-18(15-34)8-10-20)24-6-4-5-23-25(17-41-28(23)24)36(29(38)30(31,32)33)21-11-12-22-19(13-27(37)39-2)16-40-26(22)14-21/h4-12,14,19,25H,3,13,16-17H2,1-2H3/t19-,25-/m1/s1. The number of nitrogens with zero attached hydrogens (tertiary/aromatic N) is 3. The molecule has 0 fully saturated rings. The zero-order valence-electron chi connectivity index (χ0n) is 22.3. The SMILES string of the molecule is CCN(c1ccc(C#N)cc1)c1cccc2c1OC[C@H]2N(C(=O)C(F)(F)F)c1ccc2c(c1)OC[C@H]2CC(=O)OC. The molecule has 5 rings (SSSR count). The molecule has 0 saturated carbocycles. The molecular formula is C30H26F3N3O5. The number of alkyl halides is 3. The lowest BCUT2D eigenvalue weighted by Crippen LogP contribution is -2.44. The van der Waals surface area contributed by atoms with Crippen LogP contribution in [0.25, 0.3) is 0 Å². The Balaban J connectivity index is 1.53. The zero-order valence-corrected chi connectivity index (χ0v) is 22.3. The van der Waals surface area contributed by atoms with Crippen molar-refractivity contribution >= 4 is 28.9 Å². The molecule has 0 saturated heterocycles. The number of anilines is 3. The van der Waals surface area contributed by atoms with Crippen LogP contribution in [0.1, 0.15) is 42.0 Å². The van der Waals surface area contributed by atoms with Crippen molar-refractivity contribution in [2.24, 2.45) is 0 Å². The molecular weight excluding hydrogens is 539 g/mol. The molecule has 0 aliphatic carbocycles. The Kier molecular flexibility index (Phi) is 7.49. The van der Waals surface area contributed by atoms with E-state index < -0.39 is 24.1 Å². The van der Waals surface area contributed by atoms with Crippen LogP contribution in [0.3, 0.4) is 0 Å². The van der Waals surface area contributed by atoms with Crippen LogP contribution >= 0.6 is 0 Å². The van der Waals surface area contributed by atoms with Crippen molar-refractivity contribution in [1.29, 1.82) is 5.26 Å². The number of amides is 1. The number of fused-ring (bicyclic) bond motifs is 2. The van der Waals surface area contributed by atoms with Gasteiger partial charge in [-0.05, 0) is 43.3 Å². The van der Waals surface area contributed by atoms with Gasteiger partial charge in [0.1, 0.15) is 18.1 Å². The number of carbonyl (C=O) groups is 2. The molecule has 0 spiro atoms. The van der Waals surface area contributed by atoms with E-state index in [1.165, 1.54) is 19.2 Å². The lowest BCUT2D eigenvalue weighted by Gasteiger charge is -2.30. The monoisotopic (exact) mass is 565 g/mol. The van der Waals surface area contributed by atoms with Crippen LogP contribution in [-0.4, -0.2) is 44.9 Å². The van der Waals surface area contributed by atoms with Crippen LogP contribution in [-0.2, 0) is 14.3 Å². The summed E-state index contributed by atoms with van der Waals surface area (Å²) in [5, 5.41) is 9.13. The molecule has 0 aromatic heterocycles. The van der Waals surface area contributed by atoms with Gasteiger partial charge in [-0.3, -0.25) is 14.5 Å². The van der Waals surface area contributed by atoms with Gasteiger partial charge < -0.3 is 19.1 Å². The van der Waals surface area contributed by atoms with Crippen LogP contribution in [0.15, 0.2) is 60.7 Å². The second kappa shape index (κ2) is 11.0. The lowest BCUT2D eigenvalue weighted by atomic mass is 9.97. The minimum Gasteiger partial charge on any atom is -0.493 e. The Morgan fingerprint density at radius 3 is 2.41 bits per heavy atom. The van der Waals surface area contributed by atoms with Crippen molar-refractivity contribution in [2.75, 3.05) is 36.7 Å². The molecule has 2 atom stereocenters. The second-order valence-corrected chi connectivity index (χ2v) is 9.61. The van der Waals surface area contributed by atoms with Gasteiger partial charge in [0.05, 0.1) is 43.5 Å². The van der Waals surface area contributed by atoms with E-state index in [2.05, 4.69) is 6.07 Å². The summed E-state index contributed by atoms with van der Waals surface area (Å²) >= 11 is 0. The minimum absolute atomic E-state index is 0.00362. The van der Waals surface area contributed by atoms with Crippen LogP contribution in [0.5, 0.6) is 11.5 Å². The largest absolute Gasteiger partial charge is 0.493 e. The van der Waals surface area contributed by atoms with Crippen LogP contribution < -0.4 is 19.3 Å². The van der Waals surface area contributed by atoms with E-state index in [-0.39, 0.29) is 31.2 Å². The minimum atomic E-state index is -5.15. The predicted molar refractivity (Wildman–Crippen MR) is 143 cm³/mol. The van der Waals surface area contributed by atoms with Crippen molar-refractivity contribution in [1.82, 2.24) is 0 Å². The van der Waals surface area contributed by atoms with Crippen molar-refractivity contribution in [3.8, 4) is 17.6 Å². The predicted octanol–water partition coefficient (Wildman–Crippen LogP) is 5.78. The fraction of sp³-hybridized carbons (Fsp3) is 0.300. The van der Waals surface area contributed by atoms with Gasteiger partial charge in [-0.1, -0.05) is 18.2 Å². The summed E-state index contributed by atoms with van der Waals surface area (Å²) in [6.07, 6.45) is -5.08. The van der Waals surface area contributed by atoms with Crippen LogP contribution in [0, 0.1) is 11.3 Å². The molecule has 3 aromatic carbocycles. The summed E-state index contributed by atoms with van der Waals surface area (Å²) in [6, 6.07) is 17.5. The van der Waals surface area contributed by atoms with E-state index in [0.717, 1.165) is 5.69 Å². The number of carbonyl (C=O) groups excluding carboxylic acids is 2. The summed E-state index contributed by atoms with van der Waals surface area (Å²) in [6.45, 7) is 2.40. The highest BCUT2D eigenvalue weighted by molar-refractivity contribution is 5.98. The van der Waals surface area contributed by atoms with Crippen molar-refractivity contribution in [3.05, 3.63) is 77.4 Å². The van der Waals surface area contributed by atoms with Gasteiger partial charge in [0, 0.05) is 41.0 Å². The van der Waals surface area contributed by atoms with Gasteiger partial charge in [0.25, 0.3) is 0 Å². The topological polar surface area (TPSA) is 92.1 Å². The first-order valence-electron chi connectivity index (χ1n) is 12.9. The molecule has 2 aliphatic rings. The average Bonchev–Trinajstić information content (AvgIpc) is 3.58. The number of hydrogen-bond donors (Lipinski definition) is 0. The van der Waals surface area contributed by atoms with E-state index in [1.54, 1.807) is 48.5 Å². The third kappa shape index (κ3) is 5.25. The normalized spacial score (nSPS) is 17.0. The van der Waals surface area contributed by atoms with Crippen molar-refractivity contribution < 1.29 is 37.0 Å². The molecule has 3 aromatic rings. The van der Waals surface area contributed by atoms with Gasteiger partial charge in [0.15, 0.2) is 0 Å². The second-order valence-electron chi connectivity index (χ2n) is 9.61. The smallest absolute Gasteiger partial charge is 0.471 e. The molecule has 212 valence electrons. The van der Waals surface area contributed by atoms with Crippen LogP contribution in [0.4, 0.5) is 30.2 Å². The Bertz CT molecular complexity index is 1520. The molecule has 0 N–H and O–H groups in total. The Hall–Kier alpha value is -4.72. The summed E-state index contributed by atoms with van der Waals surface area (Å²) < 4.78 is 58.2. The Morgan fingerprint density at radius 2 is 1.76 bits per heavy atom. The molecule has 11 heteroatoms. The van der Waals surface area contributed by atoms with E-state index in [1.807, 2.05) is 11.8 Å². The number of nitriles is 1. The molecule has 0 unspecified atom stereocenters. The number of esters is 1. The van der Waals surface area contributed by atoms with Gasteiger partial charge >= 0.3 is 18.1 Å². The fourth-order valence-electron chi connectivity index (χ4n) is 5.29. The zero-order chi connectivity index (χ0) is 29.3. The van der Waals surface area contributed by atoms with Crippen molar-refractivity contribution in [3.63, 3.8) is 0 Å². The first-order chi connectivity index (χ1) is 19.7. The molecule has 2 heterocycles. The Labute approximate surface area is 234 Å². The molecule has 0 bridgehead atoms. The van der Waals surface area contributed by atoms with Gasteiger partial charge in [-0.2, -0.15) is 18.4 Å². The fourth-order valence-corrected chi connectivity index (χ4v) is 5.29. The first-order valence-corrected chi connectivity index (χ1v) is 12.9. The van der Waals surface area contributed by atoms with Gasteiger partial charge in [0.2, 0.25) is 0 Å². The molecule has 0 radical (unpaired) electrons. The Morgan fingerprint density at radius 1 is 1.02 bits per heavy atom. The highest BCUT2D eigenvalue weighted by Crippen LogP contribution is 2.48. The van der Waals surface area contributed by atoms with E-state index >= 15 is 0 Å². The average molecular weight is 566 g/mol. The molecule has 2 aliphatic heterocycles. The number of halogens is 3. The quantitative estimate of drug-likeness (QED) is 0.335. The van der Waals surface area contributed by atoms with Gasteiger partial charge in [-0.15, -0.1) is 0 Å². The maximum atomic E-state index is 13.9. The van der Waals surface area contributed by atoms with Crippen molar-refractivity contribution in [2.45, 2.75) is 31.5 Å². The van der Waals surface area contributed by atoms with E-state index in [4.69, 9.17) is 19.5 Å². The van der Waals surface area contributed by atoms with E-state index in [9.17, 15) is 22.8 Å².